The van der Waals surface area contributed by atoms with E-state index in [4.69, 9.17) is 4.74 Å². The molecular weight excluding hydrogens is 318 g/mol. The minimum atomic E-state index is -0.283. The number of aryl methyl sites for hydroxylation is 1. The first-order valence-corrected chi connectivity index (χ1v) is 8.61. The van der Waals surface area contributed by atoms with E-state index in [2.05, 4.69) is 9.97 Å². The molecule has 6 heteroatoms. The Kier molecular flexibility index (Phi) is 5.20. The molecule has 1 aromatic heterocycles. The molecule has 1 aliphatic heterocycles. The van der Waals surface area contributed by atoms with Crippen LogP contribution in [0.2, 0.25) is 0 Å². The molecule has 1 saturated heterocycles. The Morgan fingerprint density at radius 3 is 2.64 bits per heavy atom. The molecule has 0 bridgehead atoms. The highest BCUT2D eigenvalue weighted by Crippen LogP contribution is 2.31. The highest BCUT2D eigenvalue weighted by molar-refractivity contribution is 5.94. The fraction of sp³-hybridized carbons (Fsp3) is 0.474. The molecule has 0 radical (unpaired) electrons. The maximum absolute atomic E-state index is 12.9. The summed E-state index contributed by atoms with van der Waals surface area (Å²) in [4.78, 5) is 22.2. The van der Waals surface area contributed by atoms with Crippen molar-refractivity contribution in [3.05, 3.63) is 41.7 Å². The number of aromatic amines is 1. The molecule has 134 valence electrons. The molecule has 6 nitrogen and oxygen atoms in total. The molecule has 2 N–H and O–H groups in total. The Bertz CT molecular complexity index is 721. The first kappa shape index (κ1) is 17.6. The predicted molar refractivity (Wildman–Crippen MR) is 95.3 cm³/mol. The van der Waals surface area contributed by atoms with Crippen molar-refractivity contribution in [3.63, 3.8) is 0 Å². The number of benzene rings is 1. The molecule has 1 fully saturated rings. The van der Waals surface area contributed by atoms with Crippen LogP contribution in [0.15, 0.2) is 30.3 Å². The molecule has 2 aromatic rings. The quantitative estimate of drug-likeness (QED) is 0.873. The smallest absolute Gasteiger partial charge is 0.274 e. The van der Waals surface area contributed by atoms with Crippen molar-refractivity contribution in [1.82, 2.24) is 14.9 Å². The van der Waals surface area contributed by atoms with Gasteiger partial charge in [0.25, 0.3) is 5.91 Å². The van der Waals surface area contributed by atoms with Gasteiger partial charge >= 0.3 is 0 Å². The van der Waals surface area contributed by atoms with Gasteiger partial charge in [-0.3, -0.25) is 4.79 Å². The highest BCUT2D eigenvalue weighted by atomic mass is 16.5. The Hall–Kier alpha value is -2.18. The van der Waals surface area contributed by atoms with Crippen LogP contribution in [-0.4, -0.2) is 59.3 Å². The van der Waals surface area contributed by atoms with E-state index in [-0.39, 0.29) is 17.9 Å². The second-order valence-electron chi connectivity index (χ2n) is 6.86. The molecule has 0 aliphatic carbocycles. The lowest BCUT2D eigenvalue weighted by atomic mass is 9.80. The van der Waals surface area contributed by atoms with Crippen molar-refractivity contribution in [2.75, 3.05) is 33.4 Å². The number of nitrogens with one attached hydrogen (secondary N) is 1. The normalized spacial score (nSPS) is 16.6. The third-order valence-corrected chi connectivity index (χ3v) is 4.94. The summed E-state index contributed by atoms with van der Waals surface area (Å²) in [5.74, 6) is 0.563. The Morgan fingerprint density at radius 1 is 1.32 bits per heavy atom. The number of nitrogens with zero attached hydrogens (tertiary/aromatic N) is 2. The van der Waals surface area contributed by atoms with Crippen LogP contribution in [-0.2, 0) is 4.74 Å². The first-order valence-electron chi connectivity index (χ1n) is 8.61. The number of imidazole rings is 1. The fourth-order valence-electron chi connectivity index (χ4n) is 3.33. The van der Waals surface area contributed by atoms with Gasteiger partial charge in [0.2, 0.25) is 0 Å². The number of aliphatic hydroxyl groups excluding tert-OH is 1. The van der Waals surface area contributed by atoms with Gasteiger partial charge in [-0.05, 0) is 19.8 Å². The number of hydrogen-bond acceptors (Lipinski definition) is 4. The molecule has 0 atom stereocenters. The third kappa shape index (κ3) is 3.75. The second-order valence-corrected chi connectivity index (χ2v) is 6.86. The van der Waals surface area contributed by atoms with E-state index in [1.54, 1.807) is 11.9 Å². The van der Waals surface area contributed by atoms with Gasteiger partial charge in [0.1, 0.15) is 11.5 Å². The summed E-state index contributed by atoms with van der Waals surface area (Å²) in [5.41, 5.74) is 1.85. The maximum Gasteiger partial charge on any atom is 0.274 e. The topological polar surface area (TPSA) is 78.5 Å². The van der Waals surface area contributed by atoms with Crippen LogP contribution in [0.4, 0.5) is 0 Å². The molecule has 3 rings (SSSR count). The van der Waals surface area contributed by atoms with Gasteiger partial charge in [-0.25, -0.2) is 4.98 Å². The van der Waals surface area contributed by atoms with Crippen LogP contribution < -0.4 is 0 Å². The van der Waals surface area contributed by atoms with Gasteiger partial charge in [0.15, 0.2) is 0 Å². The van der Waals surface area contributed by atoms with Crippen LogP contribution in [0.3, 0.4) is 0 Å². The molecule has 0 saturated carbocycles. The summed E-state index contributed by atoms with van der Waals surface area (Å²) in [6, 6.07) is 9.74. The summed E-state index contributed by atoms with van der Waals surface area (Å²) in [7, 11) is 1.77. The Labute approximate surface area is 147 Å². The second kappa shape index (κ2) is 7.37. The monoisotopic (exact) mass is 343 g/mol. The van der Waals surface area contributed by atoms with E-state index in [0.29, 0.717) is 31.3 Å². The van der Waals surface area contributed by atoms with Gasteiger partial charge in [0, 0.05) is 43.5 Å². The Balaban J connectivity index is 1.77. The zero-order chi connectivity index (χ0) is 17.9. The number of ether oxygens (including phenoxy) is 1. The summed E-state index contributed by atoms with van der Waals surface area (Å²) >= 11 is 0. The van der Waals surface area contributed by atoms with E-state index in [1.807, 2.05) is 37.3 Å². The third-order valence-electron chi connectivity index (χ3n) is 4.94. The molecule has 25 heavy (non-hydrogen) atoms. The van der Waals surface area contributed by atoms with E-state index in [9.17, 15) is 9.90 Å². The SMILES string of the molecule is Cc1[nH]c(-c2ccccc2)nc1C(=O)N(C)CC1(CO)CCOCC1. The van der Waals surface area contributed by atoms with Gasteiger partial charge in [-0.1, -0.05) is 30.3 Å². The van der Waals surface area contributed by atoms with Crippen molar-refractivity contribution in [2.45, 2.75) is 19.8 Å². The predicted octanol–water partition coefficient (Wildman–Crippen LogP) is 2.25. The standard InChI is InChI=1S/C19H25N3O3/c1-14-16(21-17(20-14)15-6-4-3-5-7-15)18(24)22(2)12-19(13-23)8-10-25-11-9-19/h3-7,23H,8-13H2,1-2H3,(H,20,21). The first-order chi connectivity index (χ1) is 12.0. The fourth-order valence-corrected chi connectivity index (χ4v) is 3.33. The van der Waals surface area contributed by atoms with Crippen LogP contribution >= 0.6 is 0 Å². The Morgan fingerprint density at radius 2 is 2.00 bits per heavy atom. The number of carbonyl (C=O) groups is 1. The number of aromatic nitrogens is 2. The molecule has 2 heterocycles. The van der Waals surface area contributed by atoms with Gasteiger partial charge in [-0.2, -0.15) is 0 Å². The highest BCUT2D eigenvalue weighted by Gasteiger charge is 2.35. The number of rotatable bonds is 5. The van der Waals surface area contributed by atoms with Crippen molar-refractivity contribution in [2.24, 2.45) is 5.41 Å². The van der Waals surface area contributed by atoms with Crippen molar-refractivity contribution in [3.8, 4) is 11.4 Å². The molecule has 1 aliphatic rings. The molecule has 0 spiro atoms. The largest absolute Gasteiger partial charge is 0.396 e. The van der Waals surface area contributed by atoms with E-state index >= 15 is 0 Å². The van der Waals surface area contributed by atoms with Crippen molar-refractivity contribution < 1.29 is 14.6 Å². The number of carbonyl (C=O) groups excluding carboxylic acids is 1. The average Bonchev–Trinajstić information content (AvgIpc) is 3.04. The molecule has 1 amide bonds. The van der Waals surface area contributed by atoms with Crippen LogP contribution in [0, 0.1) is 12.3 Å². The number of amides is 1. The summed E-state index contributed by atoms with van der Waals surface area (Å²) in [6.45, 7) is 3.67. The van der Waals surface area contributed by atoms with E-state index in [1.165, 1.54) is 0 Å². The lowest BCUT2D eigenvalue weighted by molar-refractivity contribution is -0.0283. The molecule has 0 unspecified atom stereocenters. The molecule has 1 aromatic carbocycles. The zero-order valence-corrected chi connectivity index (χ0v) is 14.8. The lowest BCUT2D eigenvalue weighted by Crippen LogP contribution is -2.44. The minimum Gasteiger partial charge on any atom is -0.396 e. The van der Waals surface area contributed by atoms with Crippen molar-refractivity contribution in [1.29, 1.82) is 0 Å². The van der Waals surface area contributed by atoms with Gasteiger partial charge in [-0.15, -0.1) is 0 Å². The number of H-pyrrole nitrogens is 1. The maximum atomic E-state index is 12.9. The van der Waals surface area contributed by atoms with E-state index < -0.39 is 0 Å². The number of hydrogen-bond donors (Lipinski definition) is 2. The van der Waals surface area contributed by atoms with Crippen LogP contribution in [0.1, 0.15) is 29.0 Å². The summed E-state index contributed by atoms with van der Waals surface area (Å²) < 4.78 is 5.39. The van der Waals surface area contributed by atoms with Crippen molar-refractivity contribution >= 4 is 5.91 Å². The van der Waals surface area contributed by atoms with E-state index in [0.717, 1.165) is 24.1 Å². The lowest BCUT2D eigenvalue weighted by Gasteiger charge is -2.38. The minimum absolute atomic E-state index is 0.0583. The average molecular weight is 343 g/mol. The van der Waals surface area contributed by atoms with Crippen LogP contribution in [0.25, 0.3) is 11.4 Å². The van der Waals surface area contributed by atoms with Gasteiger partial charge < -0.3 is 19.7 Å². The zero-order valence-electron chi connectivity index (χ0n) is 14.8. The molecular formula is C19H25N3O3. The number of aliphatic hydroxyl groups is 1. The van der Waals surface area contributed by atoms with Crippen LogP contribution in [0.5, 0.6) is 0 Å². The van der Waals surface area contributed by atoms with Gasteiger partial charge in [0.05, 0.1) is 6.61 Å². The summed E-state index contributed by atoms with van der Waals surface area (Å²) in [6.07, 6.45) is 1.52. The summed E-state index contributed by atoms with van der Waals surface area (Å²) in [5, 5.41) is 9.83.